The van der Waals surface area contributed by atoms with E-state index in [0.717, 1.165) is 6.07 Å². The van der Waals surface area contributed by atoms with Gasteiger partial charge in [-0.3, -0.25) is 4.79 Å². The minimum absolute atomic E-state index is 0.0402. The van der Waals surface area contributed by atoms with Crippen molar-refractivity contribution in [2.75, 3.05) is 0 Å². The van der Waals surface area contributed by atoms with Crippen molar-refractivity contribution in [1.29, 1.82) is 0 Å². The van der Waals surface area contributed by atoms with Crippen molar-refractivity contribution in [3.05, 3.63) is 52.2 Å². The lowest BCUT2D eigenvalue weighted by molar-refractivity contribution is 0.282. The van der Waals surface area contributed by atoms with Crippen LogP contribution in [0.3, 0.4) is 0 Å². The van der Waals surface area contributed by atoms with Gasteiger partial charge in [0.2, 0.25) is 11.2 Å². The van der Waals surface area contributed by atoms with Gasteiger partial charge in [0, 0.05) is 17.7 Å². The number of phenolic OH excluding ortho intramolecular Hbond substituents is 2. The molecule has 6 heteroatoms. The maximum Gasteiger partial charge on any atom is 0.238 e. The highest BCUT2D eigenvalue weighted by Gasteiger charge is 2.18. The number of hydrogen-bond acceptors (Lipinski definition) is 6. The molecule has 4 N–H and O–H groups in total. The van der Waals surface area contributed by atoms with E-state index in [1.54, 1.807) is 24.3 Å². The Kier molecular flexibility index (Phi) is 3.23. The number of phenols is 2. The lowest BCUT2D eigenvalue weighted by Gasteiger charge is -2.08. The molecule has 22 heavy (non-hydrogen) atoms. The lowest BCUT2D eigenvalue weighted by Crippen LogP contribution is -2.03. The first kappa shape index (κ1) is 14.0. The average molecular weight is 300 g/mol. The Bertz CT molecular complexity index is 909. The van der Waals surface area contributed by atoms with E-state index in [9.17, 15) is 20.1 Å². The highest BCUT2D eigenvalue weighted by Crippen LogP contribution is 2.34. The fourth-order valence-electron chi connectivity index (χ4n) is 2.23. The third kappa shape index (κ3) is 2.15. The summed E-state index contributed by atoms with van der Waals surface area (Å²) < 4.78 is 5.46. The fourth-order valence-corrected chi connectivity index (χ4v) is 2.23. The maximum absolute atomic E-state index is 12.2. The zero-order chi connectivity index (χ0) is 15.9. The second-order valence-electron chi connectivity index (χ2n) is 4.80. The van der Waals surface area contributed by atoms with Crippen molar-refractivity contribution < 1.29 is 24.8 Å². The van der Waals surface area contributed by atoms with Gasteiger partial charge in [-0.05, 0) is 5.56 Å². The minimum Gasteiger partial charge on any atom is -0.508 e. The zero-order valence-electron chi connectivity index (χ0n) is 11.3. The predicted octanol–water partition coefficient (Wildman–Crippen LogP) is 2.07. The molecule has 0 radical (unpaired) electrons. The van der Waals surface area contributed by atoms with Crippen LogP contribution in [0.25, 0.3) is 22.3 Å². The summed E-state index contributed by atoms with van der Waals surface area (Å²) in [6, 6.07) is 8.59. The third-order valence-corrected chi connectivity index (χ3v) is 3.33. The van der Waals surface area contributed by atoms with Crippen LogP contribution in [0.1, 0.15) is 5.56 Å². The second kappa shape index (κ2) is 5.09. The molecule has 0 aliphatic carbocycles. The first-order valence-electron chi connectivity index (χ1n) is 6.43. The standard InChI is InChI=1S/C16H12O6/c17-7-8-1-3-9(4-2-8)16-15(21)14(20)13-11(19)5-10(18)6-12(13)22-16/h1-6,17-19,21H,7H2. The van der Waals surface area contributed by atoms with E-state index in [1.165, 1.54) is 6.07 Å². The van der Waals surface area contributed by atoms with Crippen molar-refractivity contribution in [2.24, 2.45) is 0 Å². The van der Waals surface area contributed by atoms with Gasteiger partial charge < -0.3 is 24.8 Å². The van der Waals surface area contributed by atoms with Gasteiger partial charge in [0.05, 0.1) is 6.61 Å². The van der Waals surface area contributed by atoms with Gasteiger partial charge in [0.15, 0.2) is 5.76 Å². The van der Waals surface area contributed by atoms with E-state index in [-0.39, 0.29) is 29.1 Å². The molecule has 0 fully saturated rings. The molecule has 112 valence electrons. The number of hydrogen-bond donors (Lipinski definition) is 4. The number of aliphatic hydroxyl groups is 1. The van der Waals surface area contributed by atoms with Crippen LogP contribution in [0.5, 0.6) is 17.2 Å². The van der Waals surface area contributed by atoms with Gasteiger partial charge in [0.25, 0.3) is 0 Å². The van der Waals surface area contributed by atoms with E-state index in [4.69, 9.17) is 9.52 Å². The fraction of sp³-hybridized carbons (Fsp3) is 0.0625. The quantitative estimate of drug-likeness (QED) is 0.576. The summed E-state index contributed by atoms with van der Waals surface area (Å²) in [6.45, 7) is -0.129. The summed E-state index contributed by atoms with van der Waals surface area (Å²) >= 11 is 0. The Morgan fingerprint density at radius 3 is 2.32 bits per heavy atom. The molecule has 0 unspecified atom stereocenters. The van der Waals surface area contributed by atoms with E-state index < -0.39 is 16.9 Å². The largest absolute Gasteiger partial charge is 0.508 e. The van der Waals surface area contributed by atoms with Gasteiger partial charge in [-0.1, -0.05) is 24.3 Å². The lowest BCUT2D eigenvalue weighted by atomic mass is 10.1. The number of aliphatic hydroxyl groups excluding tert-OH is 1. The summed E-state index contributed by atoms with van der Waals surface area (Å²) in [5.74, 6) is -1.45. The Morgan fingerprint density at radius 1 is 1.00 bits per heavy atom. The summed E-state index contributed by atoms with van der Waals surface area (Å²) in [4.78, 5) is 12.2. The van der Waals surface area contributed by atoms with Crippen LogP contribution in [0, 0.1) is 0 Å². The molecule has 0 aliphatic heterocycles. The molecule has 6 nitrogen and oxygen atoms in total. The summed E-state index contributed by atoms with van der Waals surface area (Å²) in [6.07, 6.45) is 0. The molecule has 3 rings (SSSR count). The molecule has 0 saturated heterocycles. The zero-order valence-corrected chi connectivity index (χ0v) is 11.3. The Balaban J connectivity index is 2.30. The molecule has 0 spiro atoms. The third-order valence-electron chi connectivity index (χ3n) is 3.33. The van der Waals surface area contributed by atoms with Crippen LogP contribution < -0.4 is 5.43 Å². The average Bonchev–Trinajstić information content (AvgIpc) is 2.50. The Labute approximate surface area is 124 Å². The van der Waals surface area contributed by atoms with Crippen molar-refractivity contribution in [3.63, 3.8) is 0 Å². The van der Waals surface area contributed by atoms with Crippen molar-refractivity contribution in [3.8, 4) is 28.6 Å². The van der Waals surface area contributed by atoms with E-state index >= 15 is 0 Å². The summed E-state index contributed by atoms with van der Waals surface area (Å²) in [5, 5.41) is 38.1. The van der Waals surface area contributed by atoms with Crippen LogP contribution in [0.4, 0.5) is 0 Å². The smallest absolute Gasteiger partial charge is 0.238 e. The Morgan fingerprint density at radius 2 is 1.68 bits per heavy atom. The van der Waals surface area contributed by atoms with Gasteiger partial charge in [0.1, 0.15) is 22.5 Å². The molecule has 3 aromatic rings. The molecular formula is C16H12O6. The Hall–Kier alpha value is -2.99. The molecular weight excluding hydrogens is 288 g/mol. The van der Waals surface area contributed by atoms with Crippen molar-refractivity contribution >= 4 is 11.0 Å². The predicted molar refractivity (Wildman–Crippen MR) is 78.8 cm³/mol. The van der Waals surface area contributed by atoms with Crippen molar-refractivity contribution in [2.45, 2.75) is 6.61 Å². The molecule has 0 saturated carbocycles. The first-order valence-corrected chi connectivity index (χ1v) is 6.43. The van der Waals surface area contributed by atoms with Gasteiger partial charge in [-0.2, -0.15) is 0 Å². The highest BCUT2D eigenvalue weighted by atomic mass is 16.4. The second-order valence-corrected chi connectivity index (χ2v) is 4.80. The van der Waals surface area contributed by atoms with Crippen LogP contribution in [0.2, 0.25) is 0 Å². The number of rotatable bonds is 2. The van der Waals surface area contributed by atoms with Crippen LogP contribution >= 0.6 is 0 Å². The summed E-state index contributed by atoms with van der Waals surface area (Å²) in [7, 11) is 0. The highest BCUT2D eigenvalue weighted by molar-refractivity contribution is 5.88. The SMILES string of the molecule is O=c1c(O)c(-c2ccc(CO)cc2)oc2cc(O)cc(O)c12. The normalized spacial score (nSPS) is 11.0. The van der Waals surface area contributed by atoms with Crippen LogP contribution in [-0.4, -0.2) is 20.4 Å². The number of benzene rings is 2. The van der Waals surface area contributed by atoms with Crippen LogP contribution in [-0.2, 0) is 6.61 Å². The topological polar surface area (TPSA) is 111 Å². The van der Waals surface area contributed by atoms with E-state index in [0.29, 0.717) is 11.1 Å². The van der Waals surface area contributed by atoms with Crippen molar-refractivity contribution in [1.82, 2.24) is 0 Å². The van der Waals surface area contributed by atoms with Gasteiger partial charge in [-0.15, -0.1) is 0 Å². The first-order chi connectivity index (χ1) is 10.5. The minimum atomic E-state index is -0.792. The molecule has 1 heterocycles. The molecule has 0 bridgehead atoms. The molecule has 0 aliphatic rings. The molecule has 2 aromatic carbocycles. The number of aromatic hydroxyl groups is 3. The molecule has 0 amide bonds. The van der Waals surface area contributed by atoms with E-state index in [2.05, 4.69) is 0 Å². The van der Waals surface area contributed by atoms with Gasteiger partial charge in [-0.25, -0.2) is 0 Å². The molecule has 0 atom stereocenters. The maximum atomic E-state index is 12.2. The number of fused-ring (bicyclic) bond motifs is 1. The summed E-state index contributed by atoms with van der Waals surface area (Å²) in [5.41, 5.74) is 0.264. The van der Waals surface area contributed by atoms with Gasteiger partial charge >= 0.3 is 0 Å². The van der Waals surface area contributed by atoms with E-state index in [1.807, 2.05) is 0 Å². The monoisotopic (exact) mass is 300 g/mol. The molecule has 1 aromatic heterocycles. The van der Waals surface area contributed by atoms with Crippen LogP contribution in [0.15, 0.2) is 45.6 Å².